The van der Waals surface area contributed by atoms with E-state index in [0.717, 1.165) is 30.6 Å². The number of anilines is 1. The molecule has 0 atom stereocenters. The molecular weight excluding hydrogens is 176 g/mol. The van der Waals surface area contributed by atoms with Crippen molar-refractivity contribution in [2.75, 3.05) is 19.0 Å². The molecule has 1 N–H and O–H groups in total. The van der Waals surface area contributed by atoms with Crippen LogP contribution in [0.15, 0.2) is 18.3 Å². The molecule has 0 aromatic carbocycles. The van der Waals surface area contributed by atoms with Crippen molar-refractivity contribution in [1.29, 1.82) is 0 Å². The van der Waals surface area contributed by atoms with Gasteiger partial charge in [0.1, 0.15) is 5.82 Å². The molecule has 0 spiro atoms. The first-order valence-corrected chi connectivity index (χ1v) is 4.94. The first-order valence-electron chi connectivity index (χ1n) is 4.94. The van der Waals surface area contributed by atoms with Crippen LogP contribution in [0.5, 0.6) is 0 Å². The van der Waals surface area contributed by atoms with Crippen LogP contribution in [0.25, 0.3) is 0 Å². The maximum absolute atomic E-state index is 9.84. The van der Waals surface area contributed by atoms with E-state index in [1.807, 2.05) is 31.1 Å². The van der Waals surface area contributed by atoms with Gasteiger partial charge in [0, 0.05) is 26.7 Å². The van der Waals surface area contributed by atoms with Gasteiger partial charge in [0.25, 0.3) is 0 Å². The summed E-state index contributed by atoms with van der Waals surface area (Å²) < 4.78 is 0. The van der Waals surface area contributed by atoms with Crippen LogP contribution in [-0.4, -0.2) is 29.8 Å². The molecule has 0 radical (unpaired) electrons. The molecule has 3 heteroatoms. The number of rotatable bonds is 3. The van der Waals surface area contributed by atoms with Crippen LogP contribution in [0.3, 0.4) is 0 Å². The van der Waals surface area contributed by atoms with Crippen LogP contribution < -0.4 is 4.90 Å². The highest BCUT2D eigenvalue weighted by atomic mass is 16.3. The van der Waals surface area contributed by atoms with Gasteiger partial charge in [-0.15, -0.1) is 0 Å². The molecule has 0 unspecified atom stereocenters. The number of aliphatic hydroxyl groups is 1. The summed E-state index contributed by atoms with van der Waals surface area (Å²) in [6.07, 6.45) is 4.37. The first-order chi connectivity index (χ1) is 6.61. The van der Waals surface area contributed by atoms with E-state index < -0.39 is 5.60 Å². The second-order valence-corrected chi connectivity index (χ2v) is 4.28. The van der Waals surface area contributed by atoms with Gasteiger partial charge >= 0.3 is 0 Å². The van der Waals surface area contributed by atoms with E-state index >= 15 is 0 Å². The summed E-state index contributed by atoms with van der Waals surface area (Å²) in [5, 5.41) is 9.84. The Morgan fingerprint density at radius 1 is 1.50 bits per heavy atom. The van der Waals surface area contributed by atoms with E-state index in [1.165, 1.54) is 0 Å². The van der Waals surface area contributed by atoms with Crippen molar-refractivity contribution < 1.29 is 5.11 Å². The third kappa shape index (κ3) is 1.87. The minimum atomic E-state index is -0.437. The number of hydrogen-bond donors (Lipinski definition) is 1. The van der Waals surface area contributed by atoms with E-state index in [-0.39, 0.29) is 0 Å². The van der Waals surface area contributed by atoms with Crippen molar-refractivity contribution in [3.05, 3.63) is 23.9 Å². The van der Waals surface area contributed by atoms with E-state index in [9.17, 15) is 5.11 Å². The Balaban J connectivity index is 2.23. The molecule has 0 saturated heterocycles. The largest absolute Gasteiger partial charge is 0.390 e. The Labute approximate surface area is 84.4 Å². The van der Waals surface area contributed by atoms with Gasteiger partial charge in [-0.3, -0.25) is 0 Å². The fraction of sp³-hybridized carbons (Fsp3) is 0.545. The summed E-state index contributed by atoms with van der Waals surface area (Å²) in [5.74, 6) is 0.966. The molecule has 1 aliphatic rings. The fourth-order valence-electron chi connectivity index (χ4n) is 1.65. The highest BCUT2D eigenvalue weighted by Gasteiger charge is 2.40. The quantitative estimate of drug-likeness (QED) is 0.782. The molecule has 3 nitrogen and oxygen atoms in total. The first kappa shape index (κ1) is 9.46. The van der Waals surface area contributed by atoms with Crippen molar-refractivity contribution in [2.24, 2.45) is 0 Å². The SMILES string of the molecule is CN(C)c1ncccc1CC1(O)CC1. The summed E-state index contributed by atoms with van der Waals surface area (Å²) in [4.78, 5) is 6.29. The van der Waals surface area contributed by atoms with E-state index in [1.54, 1.807) is 6.20 Å². The Morgan fingerprint density at radius 2 is 2.21 bits per heavy atom. The van der Waals surface area contributed by atoms with Crippen LogP contribution in [-0.2, 0) is 6.42 Å². The van der Waals surface area contributed by atoms with Crippen molar-refractivity contribution in [1.82, 2.24) is 4.98 Å². The van der Waals surface area contributed by atoms with Gasteiger partial charge in [-0.2, -0.15) is 0 Å². The topological polar surface area (TPSA) is 36.4 Å². The molecule has 1 aliphatic carbocycles. The number of pyridine rings is 1. The molecule has 1 aromatic heterocycles. The second-order valence-electron chi connectivity index (χ2n) is 4.28. The molecule has 1 aromatic rings. The van der Waals surface area contributed by atoms with Crippen LogP contribution in [0, 0.1) is 0 Å². The van der Waals surface area contributed by atoms with Crippen molar-refractivity contribution >= 4 is 5.82 Å². The second kappa shape index (κ2) is 3.24. The van der Waals surface area contributed by atoms with Gasteiger partial charge in [0.05, 0.1) is 5.60 Å². The highest BCUT2D eigenvalue weighted by molar-refractivity contribution is 5.46. The lowest BCUT2D eigenvalue weighted by Crippen LogP contribution is -2.17. The summed E-state index contributed by atoms with van der Waals surface area (Å²) in [5.41, 5.74) is 0.700. The Bertz CT molecular complexity index is 332. The van der Waals surface area contributed by atoms with Gasteiger partial charge in [-0.1, -0.05) is 6.07 Å². The third-order valence-electron chi connectivity index (χ3n) is 2.64. The Morgan fingerprint density at radius 3 is 2.79 bits per heavy atom. The van der Waals surface area contributed by atoms with Crippen LogP contribution in [0.4, 0.5) is 5.82 Å². The lowest BCUT2D eigenvalue weighted by Gasteiger charge is -2.17. The smallest absolute Gasteiger partial charge is 0.131 e. The predicted octanol–water partition coefficient (Wildman–Crippen LogP) is 1.21. The predicted molar refractivity (Wildman–Crippen MR) is 56.5 cm³/mol. The lowest BCUT2D eigenvalue weighted by molar-refractivity contribution is 0.151. The van der Waals surface area contributed by atoms with Gasteiger partial charge in [-0.25, -0.2) is 4.98 Å². The average Bonchev–Trinajstić information content (AvgIpc) is 2.84. The summed E-state index contributed by atoms with van der Waals surface area (Å²) in [7, 11) is 3.95. The normalized spacial score (nSPS) is 17.9. The zero-order chi connectivity index (χ0) is 10.2. The van der Waals surface area contributed by atoms with Gasteiger partial charge in [-0.05, 0) is 24.5 Å². The molecule has 14 heavy (non-hydrogen) atoms. The molecule has 1 fully saturated rings. The highest BCUT2D eigenvalue weighted by Crippen LogP contribution is 2.39. The average molecular weight is 192 g/mol. The minimum Gasteiger partial charge on any atom is -0.390 e. The zero-order valence-electron chi connectivity index (χ0n) is 8.70. The Kier molecular flexibility index (Phi) is 2.19. The van der Waals surface area contributed by atoms with E-state index in [0.29, 0.717) is 0 Å². The van der Waals surface area contributed by atoms with Crippen LogP contribution in [0.2, 0.25) is 0 Å². The van der Waals surface area contributed by atoms with Crippen molar-refractivity contribution in [3.63, 3.8) is 0 Å². The third-order valence-corrected chi connectivity index (χ3v) is 2.64. The molecular formula is C11H16N2O. The van der Waals surface area contributed by atoms with Crippen LogP contribution in [0.1, 0.15) is 18.4 Å². The number of hydrogen-bond acceptors (Lipinski definition) is 3. The molecule has 0 bridgehead atoms. The van der Waals surface area contributed by atoms with Crippen molar-refractivity contribution in [3.8, 4) is 0 Å². The zero-order valence-corrected chi connectivity index (χ0v) is 8.70. The lowest BCUT2D eigenvalue weighted by atomic mass is 10.1. The number of aromatic nitrogens is 1. The summed E-state index contributed by atoms with van der Waals surface area (Å²) >= 11 is 0. The monoisotopic (exact) mass is 192 g/mol. The summed E-state index contributed by atoms with van der Waals surface area (Å²) in [6.45, 7) is 0. The molecule has 0 amide bonds. The van der Waals surface area contributed by atoms with Gasteiger partial charge in [0.2, 0.25) is 0 Å². The Hall–Kier alpha value is -1.09. The van der Waals surface area contributed by atoms with E-state index in [4.69, 9.17) is 0 Å². The maximum atomic E-state index is 9.84. The minimum absolute atomic E-state index is 0.437. The molecule has 2 rings (SSSR count). The van der Waals surface area contributed by atoms with Crippen molar-refractivity contribution in [2.45, 2.75) is 24.9 Å². The van der Waals surface area contributed by atoms with Gasteiger partial charge in [0.15, 0.2) is 0 Å². The molecule has 76 valence electrons. The molecule has 1 heterocycles. The van der Waals surface area contributed by atoms with E-state index in [2.05, 4.69) is 4.98 Å². The fourth-order valence-corrected chi connectivity index (χ4v) is 1.65. The molecule has 0 aliphatic heterocycles. The standard InChI is InChI=1S/C11H16N2O/c1-13(2)10-9(4-3-7-12-10)8-11(14)5-6-11/h3-4,7,14H,5-6,8H2,1-2H3. The van der Waals surface area contributed by atoms with Gasteiger partial charge < -0.3 is 10.0 Å². The summed E-state index contributed by atoms with van der Waals surface area (Å²) in [6, 6.07) is 3.96. The number of nitrogens with zero attached hydrogens (tertiary/aromatic N) is 2. The molecule has 1 saturated carbocycles. The maximum Gasteiger partial charge on any atom is 0.131 e. The van der Waals surface area contributed by atoms with Crippen LogP contribution >= 0.6 is 0 Å².